The summed E-state index contributed by atoms with van der Waals surface area (Å²) in [4.78, 5) is 0. The summed E-state index contributed by atoms with van der Waals surface area (Å²) in [5.41, 5.74) is 3.72. The van der Waals surface area contributed by atoms with Gasteiger partial charge in [0.05, 0.1) is 0 Å². The summed E-state index contributed by atoms with van der Waals surface area (Å²) >= 11 is 0. The van der Waals surface area contributed by atoms with Crippen molar-refractivity contribution in [1.82, 2.24) is 10.2 Å². The lowest BCUT2D eigenvalue weighted by molar-refractivity contribution is 0.266. The molecule has 1 heterocycles. The smallest absolute Gasteiger partial charge is 0.0212 e. The van der Waals surface area contributed by atoms with E-state index in [-0.39, 0.29) is 0 Å². The Morgan fingerprint density at radius 2 is 2.10 bits per heavy atom. The van der Waals surface area contributed by atoms with Crippen molar-refractivity contribution in [2.75, 3.05) is 13.1 Å². The Bertz CT molecular complexity index is 119. The molecule has 0 amide bonds. The molecule has 60 valence electrons. The van der Waals surface area contributed by atoms with Crippen LogP contribution in [-0.4, -0.2) is 17.9 Å². The Balaban J connectivity index is 2.45. The van der Waals surface area contributed by atoms with E-state index in [1.165, 1.54) is 0 Å². The minimum absolute atomic E-state index is 0.443. The molecule has 0 radical (unpaired) electrons. The van der Waals surface area contributed by atoms with Gasteiger partial charge in [-0.05, 0) is 20.7 Å². The Morgan fingerprint density at radius 3 is 2.30 bits per heavy atom. The minimum atomic E-state index is 0.443. The number of nitrogens with one attached hydrogen (secondary N) is 1. The predicted octanol–water partition coefficient (Wildman–Crippen LogP) is 1.26. The lowest BCUT2D eigenvalue weighted by atomic mass is 9.81. The molecule has 2 nitrogen and oxygen atoms in total. The van der Waals surface area contributed by atoms with Crippen molar-refractivity contribution < 1.29 is 0 Å². The van der Waals surface area contributed by atoms with Gasteiger partial charge in [-0.2, -0.15) is 0 Å². The molecule has 3 heteroatoms. The number of hydrogen-bond donors (Lipinski definition) is 1. The highest BCUT2D eigenvalue weighted by Crippen LogP contribution is 2.29. The second kappa shape index (κ2) is 2.77. The molecule has 0 aliphatic carbocycles. The molecule has 2 unspecified atom stereocenters. The Morgan fingerprint density at radius 1 is 1.50 bits per heavy atom. The van der Waals surface area contributed by atoms with Crippen LogP contribution in [0.1, 0.15) is 20.8 Å². The van der Waals surface area contributed by atoms with Crippen LogP contribution in [0.15, 0.2) is 0 Å². The van der Waals surface area contributed by atoms with Gasteiger partial charge in [0.25, 0.3) is 0 Å². The first-order valence-corrected chi connectivity index (χ1v) is 4.27. The standard InChI is InChI=1S/C7H17N2P/c1-7(2,3)6-4-8-9(10)5-6/h6,8H,4-5,10H2,1-3H3. The average molecular weight is 160 g/mol. The first-order valence-electron chi connectivity index (χ1n) is 3.76. The molecule has 0 bridgehead atoms. The van der Waals surface area contributed by atoms with Crippen LogP contribution in [0.5, 0.6) is 0 Å². The third-order valence-electron chi connectivity index (χ3n) is 2.18. The predicted molar refractivity (Wildman–Crippen MR) is 47.4 cm³/mol. The van der Waals surface area contributed by atoms with Crippen LogP contribution in [0.25, 0.3) is 0 Å². The molecule has 0 aromatic carbocycles. The lowest BCUT2D eigenvalue weighted by Crippen LogP contribution is -2.24. The first-order chi connectivity index (χ1) is 4.50. The molecule has 1 rings (SSSR count). The number of hydrogen-bond acceptors (Lipinski definition) is 2. The summed E-state index contributed by atoms with van der Waals surface area (Å²) in [6.07, 6.45) is 0. The van der Waals surface area contributed by atoms with Crippen molar-refractivity contribution in [2.45, 2.75) is 20.8 Å². The molecule has 1 aliphatic rings. The molecular weight excluding hydrogens is 143 g/mol. The van der Waals surface area contributed by atoms with Crippen LogP contribution in [0.3, 0.4) is 0 Å². The van der Waals surface area contributed by atoms with Crippen LogP contribution in [0.4, 0.5) is 0 Å². The summed E-state index contributed by atoms with van der Waals surface area (Å²) in [5, 5.41) is 0. The molecule has 1 fully saturated rings. The second-order valence-electron chi connectivity index (χ2n) is 4.08. The molecule has 1 aliphatic heterocycles. The zero-order chi connectivity index (χ0) is 7.78. The third-order valence-corrected chi connectivity index (χ3v) is 2.58. The zero-order valence-electron chi connectivity index (χ0n) is 7.02. The van der Waals surface area contributed by atoms with E-state index in [2.05, 4.69) is 40.4 Å². The van der Waals surface area contributed by atoms with Crippen molar-refractivity contribution in [3.63, 3.8) is 0 Å². The van der Waals surface area contributed by atoms with Crippen LogP contribution in [0, 0.1) is 11.3 Å². The molecule has 0 spiro atoms. The molecular formula is C7H17N2P. The van der Waals surface area contributed by atoms with Crippen LogP contribution < -0.4 is 5.43 Å². The van der Waals surface area contributed by atoms with E-state index in [0.29, 0.717) is 5.41 Å². The van der Waals surface area contributed by atoms with Crippen LogP contribution >= 0.6 is 9.39 Å². The maximum Gasteiger partial charge on any atom is 0.0212 e. The monoisotopic (exact) mass is 160 g/mol. The lowest BCUT2D eigenvalue weighted by Gasteiger charge is -2.25. The Kier molecular flexibility index (Phi) is 2.34. The van der Waals surface area contributed by atoms with E-state index in [1.54, 1.807) is 0 Å². The van der Waals surface area contributed by atoms with Gasteiger partial charge < -0.3 is 0 Å². The molecule has 0 aromatic rings. The van der Waals surface area contributed by atoms with Gasteiger partial charge in [0.2, 0.25) is 0 Å². The molecule has 0 saturated carbocycles. The van der Waals surface area contributed by atoms with Crippen LogP contribution in [0.2, 0.25) is 0 Å². The molecule has 0 aromatic heterocycles. The number of hydrazine groups is 1. The van der Waals surface area contributed by atoms with Crippen molar-refractivity contribution >= 4 is 9.39 Å². The number of rotatable bonds is 0. The van der Waals surface area contributed by atoms with E-state index in [4.69, 9.17) is 0 Å². The van der Waals surface area contributed by atoms with E-state index < -0.39 is 0 Å². The van der Waals surface area contributed by atoms with Gasteiger partial charge in [-0.1, -0.05) is 20.8 Å². The Labute approximate surface area is 65.6 Å². The maximum atomic E-state index is 3.27. The van der Waals surface area contributed by atoms with Gasteiger partial charge >= 0.3 is 0 Å². The molecule has 2 atom stereocenters. The van der Waals surface area contributed by atoms with Gasteiger partial charge in [0.15, 0.2) is 0 Å². The summed E-state index contributed by atoms with van der Waals surface area (Å²) in [7, 11) is 2.68. The highest BCUT2D eigenvalue weighted by atomic mass is 31.0. The van der Waals surface area contributed by atoms with Gasteiger partial charge in [0, 0.05) is 13.1 Å². The fraction of sp³-hybridized carbons (Fsp3) is 1.00. The van der Waals surface area contributed by atoms with E-state index in [1.807, 2.05) is 0 Å². The highest BCUT2D eigenvalue weighted by Gasteiger charge is 2.29. The van der Waals surface area contributed by atoms with E-state index in [9.17, 15) is 0 Å². The summed E-state index contributed by atoms with van der Waals surface area (Å²) in [6.45, 7) is 9.15. The summed E-state index contributed by atoms with van der Waals surface area (Å²) in [6, 6.07) is 0. The second-order valence-corrected chi connectivity index (χ2v) is 4.70. The average Bonchev–Trinajstić information content (AvgIpc) is 2.11. The zero-order valence-corrected chi connectivity index (χ0v) is 8.17. The topological polar surface area (TPSA) is 15.3 Å². The first kappa shape index (κ1) is 8.45. The maximum absolute atomic E-state index is 3.27. The van der Waals surface area contributed by atoms with Crippen molar-refractivity contribution in [3.05, 3.63) is 0 Å². The molecule has 1 saturated heterocycles. The molecule has 10 heavy (non-hydrogen) atoms. The fourth-order valence-electron chi connectivity index (χ4n) is 1.17. The van der Waals surface area contributed by atoms with Gasteiger partial charge in [-0.15, -0.1) is 0 Å². The fourth-order valence-corrected chi connectivity index (χ4v) is 1.53. The number of nitrogens with zero attached hydrogens (tertiary/aromatic N) is 1. The van der Waals surface area contributed by atoms with Crippen molar-refractivity contribution in [3.8, 4) is 0 Å². The summed E-state index contributed by atoms with van der Waals surface area (Å²) in [5.74, 6) is 0.782. The highest BCUT2D eigenvalue weighted by molar-refractivity contribution is 7.13. The van der Waals surface area contributed by atoms with E-state index in [0.717, 1.165) is 19.0 Å². The van der Waals surface area contributed by atoms with E-state index >= 15 is 0 Å². The minimum Gasteiger partial charge on any atom is -0.252 e. The largest absolute Gasteiger partial charge is 0.252 e. The Hall–Kier alpha value is 0.350. The summed E-state index contributed by atoms with van der Waals surface area (Å²) < 4.78 is 2.09. The van der Waals surface area contributed by atoms with Gasteiger partial charge in [-0.25, -0.2) is 4.78 Å². The quantitative estimate of drug-likeness (QED) is 0.537. The molecule has 1 N–H and O–H groups in total. The third kappa shape index (κ3) is 1.91. The normalized spacial score (nSPS) is 29.4. The van der Waals surface area contributed by atoms with Gasteiger partial charge in [-0.3, -0.25) is 5.43 Å². The van der Waals surface area contributed by atoms with Crippen molar-refractivity contribution in [1.29, 1.82) is 0 Å². The van der Waals surface area contributed by atoms with Crippen molar-refractivity contribution in [2.24, 2.45) is 11.3 Å². The van der Waals surface area contributed by atoms with Gasteiger partial charge in [0.1, 0.15) is 0 Å². The SMILES string of the molecule is CC(C)(C)C1CNN(P)C1. The van der Waals surface area contributed by atoms with Crippen LogP contribution in [-0.2, 0) is 0 Å².